The van der Waals surface area contributed by atoms with Gasteiger partial charge in [-0.1, -0.05) is 53.4 Å². The SMILES string of the molecule is c1ccc(-c2nc(CSc3nnc(NC4CC4)s3)cs2)cc1. The zero-order chi connectivity index (χ0) is 14.8. The Morgan fingerprint density at radius 2 is 2.05 bits per heavy atom. The molecule has 0 radical (unpaired) electrons. The molecule has 2 heterocycles. The van der Waals surface area contributed by atoms with Gasteiger partial charge in [-0.25, -0.2) is 4.98 Å². The molecule has 1 aliphatic rings. The van der Waals surface area contributed by atoms with E-state index in [-0.39, 0.29) is 0 Å². The van der Waals surface area contributed by atoms with Crippen LogP contribution in [0.25, 0.3) is 10.6 Å². The van der Waals surface area contributed by atoms with E-state index in [9.17, 15) is 0 Å². The third-order valence-electron chi connectivity index (χ3n) is 3.23. The summed E-state index contributed by atoms with van der Waals surface area (Å²) in [6.45, 7) is 0. The third kappa shape index (κ3) is 3.48. The molecule has 3 aromatic rings. The first kappa shape index (κ1) is 14.2. The van der Waals surface area contributed by atoms with Crippen LogP contribution < -0.4 is 5.32 Å². The van der Waals surface area contributed by atoms with Crippen molar-refractivity contribution in [3.63, 3.8) is 0 Å². The van der Waals surface area contributed by atoms with Crippen LogP contribution in [-0.2, 0) is 5.75 Å². The Labute approximate surface area is 141 Å². The fourth-order valence-electron chi connectivity index (χ4n) is 1.95. The predicted molar refractivity (Wildman–Crippen MR) is 93.7 cm³/mol. The molecule has 1 aromatic carbocycles. The number of benzene rings is 1. The summed E-state index contributed by atoms with van der Waals surface area (Å²) in [6.07, 6.45) is 2.51. The highest BCUT2D eigenvalue weighted by Gasteiger charge is 2.22. The number of anilines is 1. The van der Waals surface area contributed by atoms with Gasteiger partial charge in [0.05, 0.1) is 5.69 Å². The maximum absolute atomic E-state index is 4.70. The van der Waals surface area contributed by atoms with Gasteiger partial charge in [0.15, 0.2) is 4.34 Å². The number of aromatic nitrogens is 3. The van der Waals surface area contributed by atoms with Crippen molar-refractivity contribution in [2.45, 2.75) is 29.0 Å². The summed E-state index contributed by atoms with van der Waals surface area (Å²) in [4.78, 5) is 4.70. The predicted octanol–water partition coefficient (Wildman–Crippen LogP) is 4.53. The monoisotopic (exact) mass is 346 g/mol. The lowest BCUT2D eigenvalue weighted by molar-refractivity contribution is 0.994. The van der Waals surface area contributed by atoms with Crippen molar-refractivity contribution in [2.24, 2.45) is 0 Å². The second-order valence-corrected chi connectivity index (χ2v) is 8.15. The zero-order valence-electron chi connectivity index (χ0n) is 11.7. The topological polar surface area (TPSA) is 50.7 Å². The molecule has 4 nitrogen and oxygen atoms in total. The van der Waals surface area contributed by atoms with Gasteiger partial charge in [-0.15, -0.1) is 21.5 Å². The van der Waals surface area contributed by atoms with E-state index in [0.29, 0.717) is 6.04 Å². The fourth-order valence-corrected chi connectivity index (χ4v) is 4.60. The Bertz CT molecular complexity index is 749. The van der Waals surface area contributed by atoms with Crippen molar-refractivity contribution in [3.05, 3.63) is 41.4 Å². The lowest BCUT2D eigenvalue weighted by Crippen LogP contribution is -1.99. The minimum Gasteiger partial charge on any atom is -0.357 e. The molecule has 1 N–H and O–H groups in total. The van der Waals surface area contributed by atoms with Crippen LogP contribution in [0.3, 0.4) is 0 Å². The van der Waals surface area contributed by atoms with E-state index in [1.165, 1.54) is 18.4 Å². The standard InChI is InChI=1S/C15H14N4S3/c1-2-4-10(5-3-1)13-16-12(8-20-13)9-21-15-19-18-14(22-15)17-11-6-7-11/h1-5,8,11H,6-7,9H2,(H,17,18). The Morgan fingerprint density at radius 3 is 2.86 bits per heavy atom. The van der Waals surface area contributed by atoms with Crippen molar-refractivity contribution in [1.82, 2.24) is 15.2 Å². The van der Waals surface area contributed by atoms with E-state index in [2.05, 4.69) is 33.0 Å². The van der Waals surface area contributed by atoms with Crippen LogP contribution in [0.4, 0.5) is 5.13 Å². The molecule has 0 saturated heterocycles. The van der Waals surface area contributed by atoms with E-state index < -0.39 is 0 Å². The van der Waals surface area contributed by atoms with E-state index in [1.807, 2.05) is 18.2 Å². The van der Waals surface area contributed by atoms with Crippen LogP contribution in [0.2, 0.25) is 0 Å². The van der Waals surface area contributed by atoms with Gasteiger partial charge < -0.3 is 5.32 Å². The quantitative estimate of drug-likeness (QED) is 0.665. The third-order valence-corrected chi connectivity index (χ3v) is 6.19. The molecule has 7 heteroatoms. The van der Waals surface area contributed by atoms with Crippen LogP contribution >= 0.6 is 34.4 Å². The Kier molecular flexibility index (Phi) is 4.09. The molecule has 112 valence electrons. The molecule has 0 atom stereocenters. The van der Waals surface area contributed by atoms with E-state index in [0.717, 1.165) is 25.9 Å². The molecule has 0 amide bonds. The first-order valence-corrected chi connectivity index (χ1v) is 9.78. The summed E-state index contributed by atoms with van der Waals surface area (Å²) in [6, 6.07) is 10.9. The highest BCUT2D eigenvalue weighted by atomic mass is 32.2. The van der Waals surface area contributed by atoms with Crippen molar-refractivity contribution >= 4 is 39.6 Å². The number of hydrogen-bond acceptors (Lipinski definition) is 7. The molecule has 0 unspecified atom stereocenters. The summed E-state index contributed by atoms with van der Waals surface area (Å²) in [5, 5.41) is 15.9. The molecule has 0 bridgehead atoms. The van der Waals surface area contributed by atoms with Gasteiger partial charge in [0.25, 0.3) is 0 Å². The Balaban J connectivity index is 1.37. The average molecular weight is 347 g/mol. The molecule has 0 aliphatic heterocycles. The lowest BCUT2D eigenvalue weighted by Gasteiger charge is -1.95. The fraction of sp³-hybridized carbons (Fsp3) is 0.267. The van der Waals surface area contributed by atoms with Gasteiger partial charge in [-0.3, -0.25) is 0 Å². The minimum atomic E-state index is 0.623. The number of nitrogens with one attached hydrogen (secondary N) is 1. The number of thioether (sulfide) groups is 1. The molecular weight excluding hydrogens is 332 g/mol. The summed E-state index contributed by atoms with van der Waals surface area (Å²) in [5.74, 6) is 0.835. The normalized spacial score (nSPS) is 14.2. The molecular formula is C15H14N4S3. The van der Waals surface area contributed by atoms with Gasteiger partial charge in [-0.2, -0.15) is 0 Å². The summed E-state index contributed by atoms with van der Waals surface area (Å²) in [5.41, 5.74) is 2.27. The number of nitrogens with zero attached hydrogens (tertiary/aromatic N) is 3. The molecule has 4 rings (SSSR count). The van der Waals surface area contributed by atoms with Gasteiger partial charge in [0, 0.05) is 22.7 Å². The Morgan fingerprint density at radius 1 is 1.18 bits per heavy atom. The minimum absolute atomic E-state index is 0.623. The van der Waals surface area contributed by atoms with Crippen LogP contribution in [-0.4, -0.2) is 21.2 Å². The van der Waals surface area contributed by atoms with Crippen molar-refractivity contribution in [3.8, 4) is 10.6 Å². The molecule has 1 aliphatic carbocycles. The summed E-state index contributed by atoms with van der Waals surface area (Å²) in [7, 11) is 0. The number of rotatable bonds is 6. The van der Waals surface area contributed by atoms with Crippen LogP contribution in [0.15, 0.2) is 40.1 Å². The smallest absolute Gasteiger partial charge is 0.206 e. The summed E-state index contributed by atoms with van der Waals surface area (Å²) < 4.78 is 0.998. The maximum atomic E-state index is 4.70. The maximum Gasteiger partial charge on any atom is 0.206 e. The lowest BCUT2D eigenvalue weighted by atomic mass is 10.2. The van der Waals surface area contributed by atoms with Gasteiger partial charge in [-0.05, 0) is 12.8 Å². The summed E-state index contributed by atoms with van der Waals surface area (Å²) >= 11 is 5.02. The highest BCUT2D eigenvalue weighted by molar-refractivity contribution is 8.00. The van der Waals surface area contributed by atoms with Crippen molar-refractivity contribution < 1.29 is 0 Å². The second kappa shape index (κ2) is 6.36. The second-order valence-electron chi connectivity index (χ2n) is 5.09. The first-order chi connectivity index (χ1) is 10.9. The molecule has 22 heavy (non-hydrogen) atoms. The van der Waals surface area contributed by atoms with Crippen LogP contribution in [0, 0.1) is 0 Å². The van der Waals surface area contributed by atoms with Gasteiger partial charge in [0.1, 0.15) is 5.01 Å². The van der Waals surface area contributed by atoms with Crippen molar-refractivity contribution in [2.75, 3.05) is 5.32 Å². The number of hydrogen-bond donors (Lipinski definition) is 1. The molecule has 0 spiro atoms. The van der Waals surface area contributed by atoms with E-state index in [4.69, 9.17) is 4.98 Å². The Hall–Kier alpha value is -1.44. The molecule has 1 saturated carbocycles. The molecule has 2 aromatic heterocycles. The van der Waals surface area contributed by atoms with Crippen LogP contribution in [0.5, 0.6) is 0 Å². The molecule has 1 fully saturated rings. The van der Waals surface area contributed by atoms with E-state index >= 15 is 0 Å². The van der Waals surface area contributed by atoms with Gasteiger partial charge >= 0.3 is 0 Å². The van der Waals surface area contributed by atoms with E-state index in [1.54, 1.807) is 34.4 Å². The first-order valence-electron chi connectivity index (χ1n) is 7.09. The van der Waals surface area contributed by atoms with Gasteiger partial charge in [0.2, 0.25) is 5.13 Å². The van der Waals surface area contributed by atoms with Crippen molar-refractivity contribution in [1.29, 1.82) is 0 Å². The van der Waals surface area contributed by atoms with Crippen LogP contribution in [0.1, 0.15) is 18.5 Å². The largest absolute Gasteiger partial charge is 0.357 e. The highest BCUT2D eigenvalue weighted by Crippen LogP contribution is 2.32. The average Bonchev–Trinajstić information content (AvgIpc) is 3.06. The number of thiazole rings is 1. The zero-order valence-corrected chi connectivity index (χ0v) is 14.2.